The van der Waals surface area contributed by atoms with Crippen molar-refractivity contribution in [1.82, 2.24) is 10.6 Å². The Kier molecular flexibility index (Phi) is 7.90. The Morgan fingerprint density at radius 1 is 0.967 bits per heavy atom. The van der Waals surface area contributed by atoms with Crippen LogP contribution in [0, 0.1) is 0 Å². The first-order chi connectivity index (χ1) is 14.3. The molecule has 0 aliphatic rings. The number of rotatable bonds is 7. The van der Waals surface area contributed by atoms with Gasteiger partial charge in [-0.05, 0) is 36.4 Å². The lowest BCUT2D eigenvalue weighted by Gasteiger charge is -2.14. The molecule has 0 saturated carbocycles. The highest BCUT2D eigenvalue weighted by atomic mass is 19.4. The van der Waals surface area contributed by atoms with Gasteiger partial charge in [0.2, 0.25) is 0 Å². The number of hydrogen-bond acceptors (Lipinski definition) is 4. The van der Waals surface area contributed by atoms with Crippen LogP contribution in [0.25, 0.3) is 0 Å². The van der Waals surface area contributed by atoms with Crippen LogP contribution < -0.4 is 25.4 Å². The predicted molar refractivity (Wildman–Crippen MR) is 108 cm³/mol. The number of aliphatic imine (C=N–C) groups is 1. The number of hydrogen-bond donors (Lipinski definition) is 3. The first-order valence-corrected chi connectivity index (χ1v) is 8.93. The summed E-state index contributed by atoms with van der Waals surface area (Å²) in [5, 5.41) is 8.73. The van der Waals surface area contributed by atoms with E-state index in [0.29, 0.717) is 24.0 Å². The van der Waals surface area contributed by atoms with Crippen LogP contribution in [0.2, 0.25) is 0 Å². The number of amides is 1. The van der Waals surface area contributed by atoms with Gasteiger partial charge in [-0.25, -0.2) is 0 Å². The zero-order chi connectivity index (χ0) is 22.1. The second-order valence-electron chi connectivity index (χ2n) is 6.02. The lowest BCUT2D eigenvalue weighted by molar-refractivity contribution is -0.137. The van der Waals surface area contributed by atoms with E-state index in [0.717, 1.165) is 30.0 Å². The lowest BCUT2D eigenvalue weighted by Crippen LogP contribution is -2.37. The van der Waals surface area contributed by atoms with Gasteiger partial charge in [-0.15, -0.1) is 0 Å². The van der Waals surface area contributed by atoms with Crippen LogP contribution in [0.4, 0.5) is 18.9 Å². The molecule has 2 rings (SSSR count). The smallest absolute Gasteiger partial charge is 0.416 e. The van der Waals surface area contributed by atoms with E-state index in [9.17, 15) is 18.0 Å². The zero-order valence-corrected chi connectivity index (χ0v) is 16.8. The average Bonchev–Trinajstić information content (AvgIpc) is 2.74. The highest BCUT2D eigenvalue weighted by Gasteiger charge is 2.30. The summed E-state index contributed by atoms with van der Waals surface area (Å²) in [5.41, 5.74) is 0.0659. The minimum atomic E-state index is -4.43. The molecule has 0 fully saturated rings. The molecule has 0 saturated heterocycles. The fourth-order valence-corrected chi connectivity index (χ4v) is 2.50. The Morgan fingerprint density at radius 3 is 2.17 bits per heavy atom. The van der Waals surface area contributed by atoms with Crippen LogP contribution in [-0.2, 0) is 6.18 Å². The Bertz CT molecular complexity index is 884. The van der Waals surface area contributed by atoms with E-state index in [2.05, 4.69) is 20.9 Å². The molecule has 2 aromatic rings. The minimum Gasteiger partial charge on any atom is -0.493 e. The summed E-state index contributed by atoms with van der Waals surface area (Å²) < 4.78 is 48.2. The number of benzene rings is 2. The molecule has 0 atom stereocenters. The molecule has 0 radical (unpaired) electrons. The number of guanidine groups is 1. The number of nitrogens with one attached hydrogen (secondary N) is 3. The van der Waals surface area contributed by atoms with E-state index >= 15 is 0 Å². The number of carbonyl (C=O) groups is 1. The lowest BCUT2D eigenvalue weighted by atomic mass is 10.1. The van der Waals surface area contributed by atoms with Crippen molar-refractivity contribution < 1.29 is 27.4 Å². The third kappa shape index (κ3) is 6.29. The van der Waals surface area contributed by atoms with Gasteiger partial charge in [0.25, 0.3) is 5.91 Å². The Morgan fingerprint density at radius 2 is 1.60 bits per heavy atom. The minimum absolute atomic E-state index is 0.149. The first kappa shape index (κ1) is 22.9. The van der Waals surface area contributed by atoms with Crippen molar-refractivity contribution in [2.45, 2.75) is 6.18 Å². The Balaban J connectivity index is 1.83. The number of carbonyl (C=O) groups excluding carboxylic acids is 1. The number of nitrogens with zero attached hydrogens (tertiary/aromatic N) is 1. The molecular weight excluding hydrogens is 401 g/mol. The maximum Gasteiger partial charge on any atom is 0.416 e. The van der Waals surface area contributed by atoms with Crippen molar-refractivity contribution in [2.24, 2.45) is 4.99 Å². The summed E-state index contributed by atoms with van der Waals surface area (Å²) in [6, 6.07) is 9.33. The van der Waals surface area contributed by atoms with Crippen LogP contribution >= 0.6 is 0 Å². The molecule has 0 aromatic heterocycles. The van der Waals surface area contributed by atoms with Crippen molar-refractivity contribution in [2.75, 3.05) is 39.7 Å². The highest BCUT2D eigenvalue weighted by molar-refractivity contribution is 5.95. The van der Waals surface area contributed by atoms with Gasteiger partial charge in [0.15, 0.2) is 17.5 Å². The average molecular weight is 424 g/mol. The Hall–Kier alpha value is -3.43. The molecule has 10 heteroatoms. The topological polar surface area (TPSA) is 84.0 Å². The van der Waals surface area contributed by atoms with Crippen molar-refractivity contribution >= 4 is 17.6 Å². The van der Waals surface area contributed by atoms with Gasteiger partial charge in [0, 0.05) is 37.5 Å². The van der Waals surface area contributed by atoms with Crippen LogP contribution in [0.15, 0.2) is 47.5 Å². The largest absolute Gasteiger partial charge is 0.493 e. The molecule has 0 aliphatic heterocycles. The number of methoxy groups -OCH3 is 2. The molecule has 2 aromatic carbocycles. The molecular formula is C20H23F3N4O3. The van der Waals surface area contributed by atoms with Crippen LogP contribution in [0.3, 0.4) is 0 Å². The van der Waals surface area contributed by atoms with E-state index in [-0.39, 0.29) is 12.1 Å². The summed E-state index contributed by atoms with van der Waals surface area (Å²) in [7, 11) is 4.68. The maximum absolute atomic E-state index is 12.6. The standard InChI is InChI=1S/C20H23F3N4O3/c1-24-19(27-15-8-9-16(29-2)17(12-15)30-3)26-11-10-25-18(28)13-4-6-14(7-5-13)20(21,22)23/h4-9,12H,10-11H2,1-3H3,(H,25,28)(H2,24,26,27). The van der Waals surface area contributed by atoms with Crippen LogP contribution in [0.5, 0.6) is 11.5 Å². The monoisotopic (exact) mass is 424 g/mol. The molecule has 7 nitrogen and oxygen atoms in total. The molecule has 0 heterocycles. The van der Waals surface area contributed by atoms with Crippen molar-refractivity contribution in [3.05, 3.63) is 53.6 Å². The van der Waals surface area contributed by atoms with E-state index < -0.39 is 17.6 Å². The van der Waals surface area contributed by atoms with Gasteiger partial charge in [-0.1, -0.05) is 0 Å². The highest BCUT2D eigenvalue weighted by Crippen LogP contribution is 2.30. The molecule has 1 amide bonds. The molecule has 3 N–H and O–H groups in total. The van der Waals surface area contributed by atoms with Crippen LogP contribution in [-0.4, -0.2) is 46.2 Å². The molecule has 0 unspecified atom stereocenters. The third-order valence-electron chi connectivity index (χ3n) is 4.05. The van der Waals surface area contributed by atoms with Crippen molar-refractivity contribution in [1.29, 1.82) is 0 Å². The molecule has 162 valence electrons. The number of ether oxygens (including phenoxy) is 2. The summed E-state index contributed by atoms with van der Waals surface area (Å²) in [5.74, 6) is 1.15. The van der Waals surface area contributed by atoms with E-state index in [1.165, 1.54) is 7.11 Å². The molecule has 0 aliphatic carbocycles. The summed E-state index contributed by atoms with van der Waals surface area (Å²) >= 11 is 0. The second kappa shape index (κ2) is 10.4. The quantitative estimate of drug-likeness (QED) is 0.361. The van der Waals surface area contributed by atoms with E-state index in [4.69, 9.17) is 9.47 Å². The number of anilines is 1. The summed E-state index contributed by atoms with van der Waals surface area (Å²) in [6.07, 6.45) is -4.43. The fraction of sp³-hybridized carbons (Fsp3) is 0.300. The maximum atomic E-state index is 12.6. The van der Waals surface area contributed by atoms with Gasteiger partial charge in [0.1, 0.15) is 0 Å². The zero-order valence-electron chi connectivity index (χ0n) is 16.8. The summed E-state index contributed by atoms with van der Waals surface area (Å²) in [4.78, 5) is 16.1. The van der Waals surface area contributed by atoms with Crippen molar-refractivity contribution in [3.63, 3.8) is 0 Å². The number of halogens is 3. The normalized spacial score (nSPS) is 11.6. The molecule has 0 bridgehead atoms. The van der Waals surface area contributed by atoms with Gasteiger partial charge in [-0.2, -0.15) is 13.2 Å². The Labute approximate surface area is 172 Å². The van der Waals surface area contributed by atoms with Gasteiger partial charge in [0.05, 0.1) is 19.8 Å². The summed E-state index contributed by atoms with van der Waals surface area (Å²) in [6.45, 7) is 0.589. The molecule has 30 heavy (non-hydrogen) atoms. The van der Waals surface area contributed by atoms with Gasteiger partial charge in [-0.3, -0.25) is 9.79 Å². The SMILES string of the molecule is CN=C(NCCNC(=O)c1ccc(C(F)(F)F)cc1)Nc1ccc(OC)c(OC)c1. The number of alkyl halides is 3. The van der Waals surface area contributed by atoms with E-state index in [1.807, 2.05) is 0 Å². The van der Waals surface area contributed by atoms with E-state index in [1.54, 1.807) is 32.4 Å². The van der Waals surface area contributed by atoms with Crippen LogP contribution in [0.1, 0.15) is 15.9 Å². The van der Waals surface area contributed by atoms with Crippen molar-refractivity contribution in [3.8, 4) is 11.5 Å². The van der Waals surface area contributed by atoms with Gasteiger partial charge >= 0.3 is 6.18 Å². The first-order valence-electron chi connectivity index (χ1n) is 8.93. The third-order valence-corrected chi connectivity index (χ3v) is 4.05. The predicted octanol–water partition coefficient (Wildman–Crippen LogP) is 3.14. The fourth-order valence-electron chi connectivity index (χ4n) is 2.50. The van der Waals surface area contributed by atoms with Gasteiger partial charge < -0.3 is 25.4 Å². The second-order valence-corrected chi connectivity index (χ2v) is 6.02. The molecule has 0 spiro atoms.